The summed E-state index contributed by atoms with van der Waals surface area (Å²) in [6.07, 6.45) is 0.528. The summed E-state index contributed by atoms with van der Waals surface area (Å²) in [5.41, 5.74) is 3.26. The number of benzene rings is 2. The first-order valence-corrected chi connectivity index (χ1v) is 10.1. The number of hydrogen-bond acceptors (Lipinski definition) is 3. The van der Waals surface area contributed by atoms with Gasteiger partial charge in [0, 0.05) is 12.6 Å². The van der Waals surface area contributed by atoms with E-state index in [4.69, 9.17) is 4.74 Å². The molecule has 0 spiro atoms. The average molecular weight is 397 g/mol. The van der Waals surface area contributed by atoms with E-state index in [1.165, 1.54) is 0 Å². The maximum atomic E-state index is 13.1. The molecule has 0 saturated carbocycles. The van der Waals surface area contributed by atoms with Gasteiger partial charge in [-0.05, 0) is 51.8 Å². The number of hydrogen-bond donors (Lipinski definition) is 1. The number of rotatable bonds is 9. The van der Waals surface area contributed by atoms with Crippen LogP contribution >= 0.6 is 0 Å². The zero-order valence-corrected chi connectivity index (χ0v) is 18.1. The van der Waals surface area contributed by atoms with Gasteiger partial charge in [0.05, 0.1) is 0 Å². The molecule has 2 aromatic rings. The minimum absolute atomic E-state index is 0.0108. The van der Waals surface area contributed by atoms with Gasteiger partial charge in [-0.25, -0.2) is 0 Å². The van der Waals surface area contributed by atoms with E-state index in [9.17, 15) is 9.59 Å². The molecule has 1 atom stereocenters. The monoisotopic (exact) mass is 396 g/mol. The molecular formula is C24H32N2O3. The van der Waals surface area contributed by atoms with Crippen LogP contribution < -0.4 is 10.1 Å². The highest BCUT2D eigenvalue weighted by Gasteiger charge is 2.29. The standard InChI is InChI=1S/C24H32N2O3/c1-6-22(24(28)25-17(2)3)26(15-20-11-7-18(4)8-12-20)23(27)16-29-21-13-9-19(5)10-14-21/h7-14,17,22H,6,15-16H2,1-5H3,(H,25,28). The molecule has 5 nitrogen and oxygen atoms in total. The molecule has 0 saturated heterocycles. The predicted octanol–water partition coefficient (Wildman–Crippen LogP) is 4.01. The Hall–Kier alpha value is -2.82. The number of amides is 2. The van der Waals surface area contributed by atoms with E-state index < -0.39 is 6.04 Å². The molecule has 0 fully saturated rings. The van der Waals surface area contributed by atoms with Gasteiger partial charge in [0.2, 0.25) is 5.91 Å². The maximum Gasteiger partial charge on any atom is 0.261 e. The average Bonchev–Trinajstić information content (AvgIpc) is 2.68. The molecular weight excluding hydrogens is 364 g/mol. The molecule has 2 amide bonds. The van der Waals surface area contributed by atoms with Crippen LogP contribution in [0.5, 0.6) is 5.75 Å². The van der Waals surface area contributed by atoms with Gasteiger partial charge in [-0.1, -0.05) is 54.4 Å². The lowest BCUT2D eigenvalue weighted by Gasteiger charge is -2.31. The Labute approximate surface area is 174 Å². The van der Waals surface area contributed by atoms with Crippen LogP contribution in [0.2, 0.25) is 0 Å². The highest BCUT2D eigenvalue weighted by Crippen LogP contribution is 2.16. The molecule has 29 heavy (non-hydrogen) atoms. The van der Waals surface area contributed by atoms with E-state index in [-0.39, 0.29) is 24.5 Å². The molecule has 2 aromatic carbocycles. The molecule has 0 heterocycles. The number of ether oxygens (including phenoxy) is 1. The second-order valence-electron chi connectivity index (χ2n) is 7.70. The molecule has 0 aromatic heterocycles. The zero-order chi connectivity index (χ0) is 21.4. The third-order valence-corrected chi connectivity index (χ3v) is 4.67. The highest BCUT2D eigenvalue weighted by atomic mass is 16.5. The Morgan fingerprint density at radius 2 is 1.52 bits per heavy atom. The van der Waals surface area contributed by atoms with Crippen LogP contribution in [0.1, 0.15) is 43.9 Å². The molecule has 2 rings (SSSR count). The van der Waals surface area contributed by atoms with E-state index in [0.717, 1.165) is 16.7 Å². The van der Waals surface area contributed by atoms with E-state index in [1.807, 2.05) is 83.1 Å². The summed E-state index contributed by atoms with van der Waals surface area (Å²) in [6, 6.07) is 15.0. The van der Waals surface area contributed by atoms with Gasteiger partial charge in [-0.3, -0.25) is 9.59 Å². The SMILES string of the molecule is CCC(C(=O)NC(C)C)N(Cc1ccc(C)cc1)C(=O)COc1ccc(C)cc1. The van der Waals surface area contributed by atoms with Crippen LogP contribution in [0.3, 0.4) is 0 Å². The smallest absolute Gasteiger partial charge is 0.261 e. The molecule has 1 N–H and O–H groups in total. The first-order chi connectivity index (χ1) is 13.8. The summed E-state index contributed by atoms with van der Waals surface area (Å²) in [5, 5.41) is 2.93. The third-order valence-electron chi connectivity index (χ3n) is 4.67. The first kappa shape index (κ1) is 22.5. The third kappa shape index (κ3) is 6.93. The Kier molecular flexibility index (Phi) is 8.25. The molecule has 0 radical (unpaired) electrons. The minimum Gasteiger partial charge on any atom is -0.484 e. The van der Waals surface area contributed by atoms with Crippen LogP contribution in [-0.4, -0.2) is 35.4 Å². The molecule has 5 heteroatoms. The number of carbonyl (C=O) groups excluding carboxylic acids is 2. The van der Waals surface area contributed by atoms with Crippen molar-refractivity contribution in [2.75, 3.05) is 6.61 Å². The number of carbonyl (C=O) groups is 2. The topological polar surface area (TPSA) is 58.6 Å². The second kappa shape index (κ2) is 10.6. The molecule has 0 aliphatic heterocycles. The van der Waals surface area contributed by atoms with Crippen LogP contribution in [0, 0.1) is 13.8 Å². The van der Waals surface area contributed by atoms with E-state index in [0.29, 0.717) is 18.7 Å². The largest absolute Gasteiger partial charge is 0.484 e. The highest BCUT2D eigenvalue weighted by molar-refractivity contribution is 5.88. The van der Waals surface area contributed by atoms with E-state index in [2.05, 4.69) is 5.32 Å². The van der Waals surface area contributed by atoms with Crippen molar-refractivity contribution in [3.63, 3.8) is 0 Å². The Morgan fingerprint density at radius 1 is 0.966 bits per heavy atom. The fraction of sp³-hybridized carbons (Fsp3) is 0.417. The zero-order valence-electron chi connectivity index (χ0n) is 18.1. The van der Waals surface area contributed by atoms with Crippen molar-refractivity contribution >= 4 is 11.8 Å². The van der Waals surface area contributed by atoms with Gasteiger partial charge < -0.3 is 15.0 Å². The predicted molar refractivity (Wildman–Crippen MR) is 116 cm³/mol. The van der Waals surface area contributed by atoms with Crippen molar-refractivity contribution in [2.45, 2.75) is 59.7 Å². The van der Waals surface area contributed by atoms with Crippen LogP contribution in [0.25, 0.3) is 0 Å². The minimum atomic E-state index is -0.548. The van der Waals surface area contributed by atoms with E-state index >= 15 is 0 Å². The number of nitrogens with zero attached hydrogens (tertiary/aromatic N) is 1. The number of aryl methyl sites for hydroxylation is 2. The van der Waals surface area contributed by atoms with Crippen molar-refractivity contribution in [3.05, 3.63) is 65.2 Å². The van der Waals surface area contributed by atoms with Crippen LogP contribution in [-0.2, 0) is 16.1 Å². The lowest BCUT2D eigenvalue weighted by Crippen LogP contribution is -2.51. The quantitative estimate of drug-likeness (QED) is 0.697. The van der Waals surface area contributed by atoms with Gasteiger partial charge in [0.1, 0.15) is 11.8 Å². The van der Waals surface area contributed by atoms with Crippen molar-refractivity contribution < 1.29 is 14.3 Å². The van der Waals surface area contributed by atoms with Gasteiger partial charge in [-0.15, -0.1) is 0 Å². The second-order valence-corrected chi connectivity index (χ2v) is 7.70. The Bertz CT molecular complexity index is 798. The fourth-order valence-electron chi connectivity index (χ4n) is 3.05. The molecule has 0 aliphatic carbocycles. The molecule has 0 aliphatic rings. The number of nitrogens with one attached hydrogen (secondary N) is 1. The maximum absolute atomic E-state index is 13.1. The van der Waals surface area contributed by atoms with Crippen molar-refractivity contribution in [3.8, 4) is 5.75 Å². The molecule has 0 bridgehead atoms. The Morgan fingerprint density at radius 3 is 2.03 bits per heavy atom. The fourth-order valence-corrected chi connectivity index (χ4v) is 3.05. The van der Waals surface area contributed by atoms with E-state index in [1.54, 1.807) is 4.90 Å². The first-order valence-electron chi connectivity index (χ1n) is 10.1. The molecule has 1 unspecified atom stereocenters. The van der Waals surface area contributed by atoms with Crippen LogP contribution in [0.4, 0.5) is 0 Å². The summed E-state index contributed by atoms with van der Waals surface area (Å²) in [6.45, 7) is 10.0. The normalized spacial score (nSPS) is 11.8. The summed E-state index contributed by atoms with van der Waals surface area (Å²) < 4.78 is 5.69. The van der Waals surface area contributed by atoms with Crippen molar-refractivity contribution in [1.29, 1.82) is 0 Å². The van der Waals surface area contributed by atoms with Crippen molar-refractivity contribution in [1.82, 2.24) is 10.2 Å². The molecule has 156 valence electrons. The lowest BCUT2D eigenvalue weighted by molar-refractivity contribution is -0.143. The lowest BCUT2D eigenvalue weighted by atomic mass is 10.1. The summed E-state index contributed by atoms with van der Waals surface area (Å²) in [5.74, 6) is 0.286. The van der Waals surface area contributed by atoms with Gasteiger partial charge in [-0.2, -0.15) is 0 Å². The van der Waals surface area contributed by atoms with Crippen molar-refractivity contribution in [2.24, 2.45) is 0 Å². The van der Waals surface area contributed by atoms with Gasteiger partial charge in [0.25, 0.3) is 5.91 Å². The Balaban J connectivity index is 2.18. The van der Waals surface area contributed by atoms with Crippen LogP contribution in [0.15, 0.2) is 48.5 Å². The summed E-state index contributed by atoms with van der Waals surface area (Å²) >= 11 is 0. The summed E-state index contributed by atoms with van der Waals surface area (Å²) in [4.78, 5) is 27.4. The summed E-state index contributed by atoms with van der Waals surface area (Å²) in [7, 11) is 0. The van der Waals surface area contributed by atoms with Gasteiger partial charge >= 0.3 is 0 Å². The van der Waals surface area contributed by atoms with Gasteiger partial charge in [0.15, 0.2) is 6.61 Å².